The molecule has 1 aliphatic rings. The average Bonchev–Trinajstić information content (AvgIpc) is 2.17. The van der Waals surface area contributed by atoms with Crippen LogP contribution in [0.4, 0.5) is 0 Å². The molecule has 0 aliphatic carbocycles. The molecule has 0 radical (unpaired) electrons. The van der Waals surface area contributed by atoms with Crippen LogP contribution in [0.15, 0.2) is 14.4 Å². The second-order valence-corrected chi connectivity index (χ2v) is 3.52. The van der Waals surface area contributed by atoms with Gasteiger partial charge < -0.3 is 5.01 Å². The van der Waals surface area contributed by atoms with Crippen molar-refractivity contribution in [2.45, 2.75) is 19.3 Å². The van der Waals surface area contributed by atoms with E-state index in [0.717, 1.165) is 23.9 Å². The lowest BCUT2D eigenvalue weighted by atomic mass is 10.2. The van der Waals surface area contributed by atoms with Crippen molar-refractivity contribution in [3.63, 3.8) is 0 Å². The zero-order valence-electron chi connectivity index (χ0n) is 8.15. The fourth-order valence-corrected chi connectivity index (χ4v) is 1.76. The van der Waals surface area contributed by atoms with E-state index in [9.17, 15) is 14.4 Å². The lowest BCUT2D eigenvalue weighted by Crippen LogP contribution is -2.55. The molecule has 0 saturated carbocycles. The fourth-order valence-electron chi connectivity index (χ4n) is 1.76. The van der Waals surface area contributed by atoms with E-state index in [1.165, 1.54) is 0 Å². The Bertz CT molecular complexity index is 471. The summed E-state index contributed by atoms with van der Waals surface area (Å²) in [6, 6.07) is 0. The first-order valence-corrected chi connectivity index (χ1v) is 4.89. The van der Waals surface area contributed by atoms with E-state index < -0.39 is 17.1 Å². The van der Waals surface area contributed by atoms with Crippen molar-refractivity contribution in [2.24, 2.45) is 0 Å². The van der Waals surface area contributed by atoms with Crippen LogP contribution in [0.5, 0.6) is 0 Å². The van der Waals surface area contributed by atoms with Gasteiger partial charge in [0.05, 0.1) is 0 Å². The smallest absolute Gasteiger partial charge is 0.304 e. The maximum Gasteiger partial charge on any atom is 0.352 e. The summed E-state index contributed by atoms with van der Waals surface area (Å²) >= 11 is 0. The van der Waals surface area contributed by atoms with Gasteiger partial charge in [-0.2, -0.15) is 4.68 Å². The number of piperidine rings is 1. The standard InChI is InChI=1S/C8H12N4O3/c13-6-9-7(14)12(8(15)10-6)11-4-2-1-3-5-11/h1-5H2,(H2,9,10,13,14,15). The number of aromatic amines is 2. The number of hydrogen-bond donors (Lipinski definition) is 2. The minimum atomic E-state index is -0.766. The zero-order valence-corrected chi connectivity index (χ0v) is 8.15. The maximum atomic E-state index is 11.4. The number of nitrogens with zero attached hydrogens (tertiary/aromatic N) is 2. The van der Waals surface area contributed by atoms with Crippen molar-refractivity contribution < 1.29 is 0 Å². The van der Waals surface area contributed by atoms with Gasteiger partial charge in [-0.05, 0) is 19.3 Å². The highest BCUT2D eigenvalue weighted by atomic mass is 16.2. The summed E-state index contributed by atoms with van der Waals surface area (Å²) in [4.78, 5) is 37.7. The molecular formula is C8H12N4O3. The Balaban J connectivity index is 2.47. The predicted molar refractivity (Wildman–Crippen MR) is 53.7 cm³/mol. The Hall–Kier alpha value is -1.79. The van der Waals surface area contributed by atoms with Crippen LogP contribution in [-0.4, -0.2) is 27.7 Å². The number of aromatic nitrogens is 3. The third kappa shape index (κ3) is 1.85. The summed E-state index contributed by atoms with van der Waals surface area (Å²) in [6.07, 6.45) is 3.00. The van der Waals surface area contributed by atoms with Gasteiger partial charge in [-0.25, -0.2) is 14.4 Å². The van der Waals surface area contributed by atoms with Crippen LogP contribution in [0.25, 0.3) is 0 Å². The average molecular weight is 212 g/mol. The molecule has 0 amide bonds. The Labute approximate surface area is 84.3 Å². The van der Waals surface area contributed by atoms with Crippen molar-refractivity contribution in [3.8, 4) is 0 Å². The van der Waals surface area contributed by atoms with Gasteiger partial charge in [-0.3, -0.25) is 9.97 Å². The molecule has 1 aromatic heterocycles. The van der Waals surface area contributed by atoms with Crippen molar-refractivity contribution in [2.75, 3.05) is 18.1 Å². The molecule has 2 rings (SSSR count). The third-order valence-corrected chi connectivity index (χ3v) is 2.44. The normalized spacial score (nSPS) is 16.7. The second-order valence-electron chi connectivity index (χ2n) is 3.52. The molecular weight excluding hydrogens is 200 g/mol. The lowest BCUT2D eigenvalue weighted by molar-refractivity contribution is 0.447. The predicted octanol–water partition coefficient (Wildman–Crippen LogP) is -1.65. The molecule has 0 bridgehead atoms. The molecule has 1 aliphatic heterocycles. The monoisotopic (exact) mass is 212 g/mol. The molecule has 1 saturated heterocycles. The van der Waals surface area contributed by atoms with Crippen LogP contribution < -0.4 is 22.1 Å². The SMILES string of the molecule is O=c1[nH]c(=O)n(N2CCCCC2)c(=O)[nH]1. The van der Waals surface area contributed by atoms with Crippen LogP contribution in [0.3, 0.4) is 0 Å². The van der Waals surface area contributed by atoms with Crippen LogP contribution in [-0.2, 0) is 0 Å². The Morgan fingerprint density at radius 3 is 1.93 bits per heavy atom. The molecule has 1 fully saturated rings. The van der Waals surface area contributed by atoms with Crippen molar-refractivity contribution >= 4 is 0 Å². The molecule has 0 unspecified atom stereocenters. The summed E-state index contributed by atoms with van der Waals surface area (Å²) in [5.41, 5.74) is -2.12. The van der Waals surface area contributed by atoms with Gasteiger partial charge in [-0.1, -0.05) is 0 Å². The fraction of sp³-hybridized carbons (Fsp3) is 0.625. The van der Waals surface area contributed by atoms with Crippen molar-refractivity contribution in [1.29, 1.82) is 0 Å². The zero-order chi connectivity index (χ0) is 10.8. The molecule has 2 N–H and O–H groups in total. The summed E-state index contributed by atoms with van der Waals surface area (Å²) in [5.74, 6) is 0. The topological polar surface area (TPSA) is 91.0 Å². The Morgan fingerprint density at radius 2 is 1.40 bits per heavy atom. The van der Waals surface area contributed by atoms with E-state index in [0.29, 0.717) is 13.1 Å². The molecule has 0 spiro atoms. The van der Waals surface area contributed by atoms with Crippen LogP contribution >= 0.6 is 0 Å². The van der Waals surface area contributed by atoms with Crippen molar-refractivity contribution in [1.82, 2.24) is 14.6 Å². The largest absolute Gasteiger partial charge is 0.352 e. The number of hydrogen-bond acceptors (Lipinski definition) is 4. The van der Waals surface area contributed by atoms with Gasteiger partial charge in [0.2, 0.25) is 0 Å². The number of nitrogens with one attached hydrogen (secondary N) is 2. The molecule has 15 heavy (non-hydrogen) atoms. The molecule has 0 atom stereocenters. The molecule has 7 heteroatoms. The van der Waals surface area contributed by atoms with E-state index in [2.05, 4.69) is 0 Å². The first-order valence-electron chi connectivity index (χ1n) is 4.89. The number of rotatable bonds is 1. The molecule has 82 valence electrons. The summed E-state index contributed by atoms with van der Waals surface area (Å²) in [7, 11) is 0. The van der Waals surface area contributed by atoms with E-state index in [-0.39, 0.29) is 0 Å². The highest BCUT2D eigenvalue weighted by molar-refractivity contribution is 4.88. The van der Waals surface area contributed by atoms with Gasteiger partial charge >= 0.3 is 17.1 Å². The van der Waals surface area contributed by atoms with Gasteiger partial charge in [0.25, 0.3) is 0 Å². The Kier molecular flexibility index (Phi) is 2.44. The molecule has 0 aromatic carbocycles. The number of H-pyrrole nitrogens is 2. The summed E-state index contributed by atoms with van der Waals surface area (Å²) < 4.78 is 0.959. The van der Waals surface area contributed by atoms with E-state index >= 15 is 0 Å². The van der Waals surface area contributed by atoms with E-state index in [4.69, 9.17) is 0 Å². The van der Waals surface area contributed by atoms with Gasteiger partial charge in [0, 0.05) is 13.1 Å². The minimum Gasteiger partial charge on any atom is -0.304 e. The van der Waals surface area contributed by atoms with Crippen molar-refractivity contribution in [3.05, 3.63) is 31.5 Å². The minimum absolute atomic E-state index is 0.662. The van der Waals surface area contributed by atoms with E-state index in [1.807, 2.05) is 9.97 Å². The highest BCUT2D eigenvalue weighted by Crippen LogP contribution is 2.04. The van der Waals surface area contributed by atoms with Gasteiger partial charge in [0.1, 0.15) is 0 Å². The molecule has 1 aromatic rings. The highest BCUT2D eigenvalue weighted by Gasteiger charge is 2.14. The molecule has 2 heterocycles. The van der Waals surface area contributed by atoms with Gasteiger partial charge in [-0.15, -0.1) is 0 Å². The van der Waals surface area contributed by atoms with Gasteiger partial charge in [0.15, 0.2) is 0 Å². The summed E-state index contributed by atoms with van der Waals surface area (Å²) in [6.45, 7) is 1.32. The summed E-state index contributed by atoms with van der Waals surface area (Å²) in [5, 5.41) is 1.65. The Morgan fingerprint density at radius 1 is 0.867 bits per heavy atom. The van der Waals surface area contributed by atoms with Crippen LogP contribution in [0, 0.1) is 0 Å². The lowest BCUT2D eigenvalue weighted by Gasteiger charge is -2.28. The van der Waals surface area contributed by atoms with Crippen LogP contribution in [0.1, 0.15) is 19.3 Å². The second kappa shape index (κ2) is 3.76. The maximum absolute atomic E-state index is 11.4. The molecule has 7 nitrogen and oxygen atoms in total. The quantitative estimate of drug-likeness (QED) is 0.583. The first-order chi connectivity index (χ1) is 7.18. The van der Waals surface area contributed by atoms with Crippen LogP contribution in [0.2, 0.25) is 0 Å². The first kappa shape index (κ1) is 9.75. The third-order valence-electron chi connectivity index (χ3n) is 2.44. The van der Waals surface area contributed by atoms with E-state index in [1.54, 1.807) is 5.01 Å².